The maximum Gasteiger partial charge on any atom is 0.338 e. The molecule has 162 valence electrons. The molecule has 0 aliphatic heterocycles. The van der Waals surface area contributed by atoms with Gasteiger partial charge in [-0.05, 0) is 62.4 Å². The van der Waals surface area contributed by atoms with Crippen LogP contribution in [0.2, 0.25) is 0 Å². The maximum absolute atomic E-state index is 12.2. The topological polar surface area (TPSA) is 35.5 Å². The molecule has 0 fully saturated rings. The van der Waals surface area contributed by atoms with Crippen LogP contribution in [0.15, 0.2) is 72.8 Å². The van der Waals surface area contributed by atoms with Crippen molar-refractivity contribution in [3.05, 3.63) is 101 Å². The van der Waals surface area contributed by atoms with Gasteiger partial charge in [0.25, 0.3) is 0 Å². The zero-order valence-electron chi connectivity index (χ0n) is 18.4. The molecule has 0 heterocycles. The van der Waals surface area contributed by atoms with Gasteiger partial charge in [0.1, 0.15) is 18.0 Å². The second-order valence-corrected chi connectivity index (χ2v) is 9.07. The molecule has 0 radical (unpaired) electrons. The minimum absolute atomic E-state index is 0.312. The zero-order valence-corrected chi connectivity index (χ0v) is 19.9. The predicted molar refractivity (Wildman–Crippen MR) is 129 cm³/mol. The fraction of sp³-hybridized carbons (Fsp3) is 0.296. The van der Waals surface area contributed by atoms with E-state index in [1.165, 1.54) is 11.1 Å². The summed E-state index contributed by atoms with van der Waals surface area (Å²) in [5.41, 5.74) is 4.69. The molecule has 0 unspecified atom stereocenters. The summed E-state index contributed by atoms with van der Waals surface area (Å²) in [7, 11) is 0. The van der Waals surface area contributed by atoms with E-state index in [2.05, 4.69) is 58.4 Å². The lowest BCUT2D eigenvalue weighted by atomic mass is 10.0. The van der Waals surface area contributed by atoms with Crippen molar-refractivity contribution in [3.8, 4) is 5.75 Å². The van der Waals surface area contributed by atoms with E-state index in [-0.39, 0.29) is 5.97 Å². The van der Waals surface area contributed by atoms with Gasteiger partial charge in [-0.3, -0.25) is 0 Å². The fourth-order valence-corrected chi connectivity index (χ4v) is 3.72. The summed E-state index contributed by atoms with van der Waals surface area (Å²) >= 11 is 3.58. The highest BCUT2D eigenvalue weighted by Crippen LogP contribution is 2.28. The number of carbonyl (C=O) groups excluding carboxylic acids is 1. The van der Waals surface area contributed by atoms with Gasteiger partial charge < -0.3 is 9.47 Å². The number of halogens is 1. The number of alkyl halides is 1. The summed E-state index contributed by atoms with van der Waals surface area (Å²) in [6, 6.07) is 24.2. The van der Waals surface area contributed by atoms with Crippen LogP contribution in [0.1, 0.15) is 53.4 Å². The van der Waals surface area contributed by atoms with Crippen LogP contribution in [0.3, 0.4) is 0 Å². The Hall–Kier alpha value is -2.59. The molecule has 3 rings (SSSR count). The Morgan fingerprint density at radius 1 is 0.806 bits per heavy atom. The Labute approximate surface area is 193 Å². The minimum atomic E-state index is -0.506. The van der Waals surface area contributed by atoms with Crippen molar-refractivity contribution >= 4 is 21.9 Å². The Kier molecular flexibility index (Phi) is 7.91. The lowest BCUT2D eigenvalue weighted by Gasteiger charge is -2.19. The molecular formula is C27H29BrO3. The molecule has 3 aromatic rings. The van der Waals surface area contributed by atoms with Crippen LogP contribution in [-0.2, 0) is 29.5 Å². The lowest BCUT2D eigenvalue weighted by molar-refractivity contribution is 0.00695. The summed E-state index contributed by atoms with van der Waals surface area (Å²) in [6.07, 6.45) is 1.88. The molecule has 3 aromatic carbocycles. The highest BCUT2D eigenvalue weighted by Gasteiger charge is 2.17. The number of hydrogen-bond acceptors (Lipinski definition) is 3. The SMILES string of the molecule is CC(C)(C)OC(=O)c1ccc(COc2c(CBr)cccc2CCc2ccccc2)cc1. The molecule has 0 aliphatic rings. The van der Waals surface area contributed by atoms with E-state index in [0.29, 0.717) is 12.2 Å². The molecular weight excluding hydrogens is 452 g/mol. The summed E-state index contributed by atoms with van der Waals surface area (Å²) in [5, 5.41) is 0.735. The summed E-state index contributed by atoms with van der Waals surface area (Å²) in [4.78, 5) is 12.2. The molecule has 0 saturated carbocycles. The molecule has 0 saturated heterocycles. The van der Waals surface area contributed by atoms with Crippen LogP contribution < -0.4 is 4.74 Å². The van der Waals surface area contributed by atoms with Gasteiger partial charge >= 0.3 is 5.97 Å². The summed E-state index contributed by atoms with van der Waals surface area (Å²) in [6.45, 7) is 6.04. The number of ether oxygens (including phenoxy) is 2. The standard InChI is InChI=1S/C27H29BrO3/c1-27(2,3)31-26(29)23-16-13-21(14-17-23)19-30-25-22(10-7-11-24(25)18-28)15-12-20-8-5-4-6-9-20/h4-11,13-14,16-17H,12,15,18-19H2,1-3H3. The predicted octanol–water partition coefficient (Wildman–Crippen LogP) is 6.90. The number of esters is 1. The average molecular weight is 481 g/mol. The van der Waals surface area contributed by atoms with Gasteiger partial charge in [0.2, 0.25) is 0 Å². The second-order valence-electron chi connectivity index (χ2n) is 8.51. The molecule has 4 heteroatoms. The van der Waals surface area contributed by atoms with Gasteiger partial charge in [0, 0.05) is 10.9 Å². The van der Waals surface area contributed by atoms with Crippen molar-refractivity contribution in [1.82, 2.24) is 0 Å². The number of rotatable bonds is 8. The molecule has 0 N–H and O–H groups in total. The van der Waals surface area contributed by atoms with Crippen molar-refractivity contribution in [2.45, 2.75) is 51.2 Å². The van der Waals surface area contributed by atoms with Gasteiger partial charge in [-0.2, -0.15) is 0 Å². The van der Waals surface area contributed by atoms with E-state index in [9.17, 15) is 4.79 Å². The number of para-hydroxylation sites is 1. The van der Waals surface area contributed by atoms with E-state index in [1.807, 2.05) is 39.0 Å². The van der Waals surface area contributed by atoms with E-state index in [4.69, 9.17) is 9.47 Å². The zero-order chi connectivity index (χ0) is 22.3. The first-order chi connectivity index (χ1) is 14.9. The van der Waals surface area contributed by atoms with Crippen LogP contribution in [-0.4, -0.2) is 11.6 Å². The van der Waals surface area contributed by atoms with Crippen molar-refractivity contribution in [1.29, 1.82) is 0 Å². The average Bonchev–Trinajstić information content (AvgIpc) is 2.76. The largest absolute Gasteiger partial charge is 0.488 e. The molecule has 0 spiro atoms. The van der Waals surface area contributed by atoms with Crippen LogP contribution in [0.4, 0.5) is 0 Å². The first kappa shape index (κ1) is 23.1. The minimum Gasteiger partial charge on any atom is -0.488 e. The molecule has 3 nitrogen and oxygen atoms in total. The van der Waals surface area contributed by atoms with Gasteiger partial charge in [0.15, 0.2) is 0 Å². The molecule has 0 aromatic heterocycles. The van der Waals surface area contributed by atoms with Crippen LogP contribution >= 0.6 is 15.9 Å². The van der Waals surface area contributed by atoms with Crippen LogP contribution in [0.25, 0.3) is 0 Å². The van der Waals surface area contributed by atoms with Crippen molar-refractivity contribution < 1.29 is 14.3 Å². The van der Waals surface area contributed by atoms with Gasteiger partial charge in [0.05, 0.1) is 5.56 Å². The fourth-order valence-electron chi connectivity index (χ4n) is 3.28. The van der Waals surface area contributed by atoms with E-state index in [1.54, 1.807) is 12.1 Å². The highest BCUT2D eigenvalue weighted by molar-refractivity contribution is 9.08. The first-order valence-corrected chi connectivity index (χ1v) is 11.6. The number of hydrogen-bond donors (Lipinski definition) is 0. The quantitative estimate of drug-likeness (QED) is 0.259. The Bertz CT molecular complexity index is 989. The third kappa shape index (κ3) is 6.96. The number of aryl methyl sites for hydroxylation is 2. The molecule has 0 amide bonds. The molecule has 0 aliphatic carbocycles. The van der Waals surface area contributed by atoms with Gasteiger partial charge in [-0.15, -0.1) is 0 Å². The Morgan fingerprint density at radius 2 is 1.48 bits per heavy atom. The third-order valence-corrected chi connectivity index (χ3v) is 5.42. The Morgan fingerprint density at radius 3 is 2.13 bits per heavy atom. The van der Waals surface area contributed by atoms with Gasteiger partial charge in [-0.1, -0.05) is 76.6 Å². The van der Waals surface area contributed by atoms with Crippen LogP contribution in [0, 0.1) is 0 Å². The number of benzene rings is 3. The van der Waals surface area contributed by atoms with Gasteiger partial charge in [-0.25, -0.2) is 4.79 Å². The first-order valence-electron chi connectivity index (χ1n) is 10.5. The Balaban J connectivity index is 1.68. The summed E-state index contributed by atoms with van der Waals surface area (Å²) in [5.74, 6) is 0.624. The normalized spacial score (nSPS) is 11.2. The molecule has 31 heavy (non-hydrogen) atoms. The molecule has 0 atom stereocenters. The lowest BCUT2D eigenvalue weighted by Crippen LogP contribution is -2.23. The second kappa shape index (κ2) is 10.6. The third-order valence-electron chi connectivity index (χ3n) is 4.82. The molecule has 0 bridgehead atoms. The number of carbonyl (C=O) groups is 1. The monoisotopic (exact) mass is 480 g/mol. The maximum atomic E-state index is 12.2. The summed E-state index contributed by atoms with van der Waals surface area (Å²) < 4.78 is 11.7. The van der Waals surface area contributed by atoms with Crippen molar-refractivity contribution in [2.24, 2.45) is 0 Å². The smallest absolute Gasteiger partial charge is 0.338 e. The van der Waals surface area contributed by atoms with Crippen LogP contribution in [0.5, 0.6) is 5.75 Å². The van der Waals surface area contributed by atoms with E-state index < -0.39 is 5.60 Å². The highest BCUT2D eigenvalue weighted by atomic mass is 79.9. The van der Waals surface area contributed by atoms with E-state index >= 15 is 0 Å². The van der Waals surface area contributed by atoms with Crippen molar-refractivity contribution in [2.75, 3.05) is 0 Å². The van der Waals surface area contributed by atoms with Crippen molar-refractivity contribution in [3.63, 3.8) is 0 Å². The van der Waals surface area contributed by atoms with E-state index in [0.717, 1.165) is 35.0 Å².